The minimum Gasteiger partial charge on any atom is -0.450 e. The molecule has 1 amide bonds. The van der Waals surface area contributed by atoms with Gasteiger partial charge in [-0.25, -0.2) is 4.79 Å². The summed E-state index contributed by atoms with van der Waals surface area (Å²) in [5, 5.41) is 3.06. The lowest BCUT2D eigenvalue weighted by Crippen LogP contribution is -2.20. The van der Waals surface area contributed by atoms with Gasteiger partial charge >= 0.3 is 12.1 Å². The van der Waals surface area contributed by atoms with Gasteiger partial charge in [0.15, 0.2) is 6.61 Å². The predicted molar refractivity (Wildman–Crippen MR) is 86.6 cm³/mol. The maximum Gasteiger partial charge on any atom is 0.416 e. The molecule has 5 nitrogen and oxygen atoms in total. The first-order valence-electron chi connectivity index (χ1n) is 7.46. The Hall–Kier alpha value is -3.29. The van der Waals surface area contributed by atoms with E-state index >= 15 is 0 Å². The molecule has 0 aliphatic heterocycles. The van der Waals surface area contributed by atoms with Crippen molar-refractivity contribution in [2.24, 2.45) is 0 Å². The van der Waals surface area contributed by atoms with Crippen molar-refractivity contribution in [1.82, 2.24) is 0 Å². The van der Waals surface area contributed by atoms with Gasteiger partial charge in [-0.15, -0.1) is 0 Å². The summed E-state index contributed by atoms with van der Waals surface area (Å²) in [7, 11) is 0. The highest BCUT2D eigenvalue weighted by Crippen LogP contribution is 2.29. The fourth-order valence-corrected chi connectivity index (χ4v) is 2.22. The van der Waals surface area contributed by atoms with E-state index in [1.54, 1.807) is 24.3 Å². The summed E-state index contributed by atoms with van der Waals surface area (Å²) >= 11 is 0. The number of para-hydroxylation sites is 1. The Morgan fingerprint density at radius 1 is 1.04 bits per heavy atom. The molecular weight excluding hydrogens is 351 g/mol. The SMILES string of the molecule is O=C(COC(=O)c1cc2ccccc2o1)Nc1ccc(C(F)(F)F)cc1. The third-order valence-electron chi connectivity index (χ3n) is 3.46. The molecule has 0 saturated heterocycles. The number of fused-ring (bicyclic) bond motifs is 1. The average molecular weight is 363 g/mol. The van der Waals surface area contributed by atoms with E-state index in [1.807, 2.05) is 0 Å². The molecule has 0 radical (unpaired) electrons. The Morgan fingerprint density at radius 3 is 2.38 bits per heavy atom. The quantitative estimate of drug-likeness (QED) is 0.704. The normalized spacial score (nSPS) is 11.3. The molecule has 0 spiro atoms. The van der Waals surface area contributed by atoms with Gasteiger partial charge in [-0.1, -0.05) is 18.2 Å². The molecule has 0 aliphatic rings. The number of hydrogen-bond acceptors (Lipinski definition) is 4. The summed E-state index contributed by atoms with van der Waals surface area (Å²) < 4.78 is 47.6. The van der Waals surface area contributed by atoms with Crippen LogP contribution in [0.25, 0.3) is 11.0 Å². The number of rotatable bonds is 4. The van der Waals surface area contributed by atoms with Crippen LogP contribution in [0.1, 0.15) is 16.1 Å². The number of nitrogens with one attached hydrogen (secondary N) is 1. The van der Waals surface area contributed by atoms with Crippen LogP contribution in [-0.2, 0) is 15.7 Å². The zero-order chi connectivity index (χ0) is 18.7. The lowest BCUT2D eigenvalue weighted by atomic mass is 10.2. The second kappa shape index (κ2) is 6.91. The summed E-state index contributed by atoms with van der Waals surface area (Å²) in [6.45, 7) is -0.600. The number of esters is 1. The van der Waals surface area contributed by atoms with Crippen molar-refractivity contribution in [2.75, 3.05) is 11.9 Å². The van der Waals surface area contributed by atoms with E-state index in [2.05, 4.69) is 5.32 Å². The van der Waals surface area contributed by atoms with Crippen molar-refractivity contribution in [3.8, 4) is 0 Å². The molecule has 3 rings (SSSR count). The number of benzene rings is 2. The molecular formula is C18H12F3NO4. The van der Waals surface area contributed by atoms with Crippen LogP contribution in [0.3, 0.4) is 0 Å². The largest absolute Gasteiger partial charge is 0.450 e. The monoisotopic (exact) mass is 363 g/mol. The molecule has 3 aromatic rings. The maximum atomic E-state index is 12.5. The van der Waals surface area contributed by atoms with Crippen LogP contribution in [0.15, 0.2) is 59.0 Å². The van der Waals surface area contributed by atoms with Gasteiger partial charge in [0.25, 0.3) is 5.91 Å². The Balaban J connectivity index is 1.55. The zero-order valence-electron chi connectivity index (χ0n) is 13.2. The average Bonchev–Trinajstić information content (AvgIpc) is 3.03. The molecule has 0 aliphatic carbocycles. The van der Waals surface area contributed by atoms with E-state index in [4.69, 9.17) is 9.15 Å². The van der Waals surface area contributed by atoms with Crippen LogP contribution in [0.4, 0.5) is 18.9 Å². The number of carbonyl (C=O) groups excluding carboxylic acids is 2. The smallest absolute Gasteiger partial charge is 0.416 e. The first-order valence-corrected chi connectivity index (χ1v) is 7.46. The predicted octanol–water partition coefficient (Wildman–Crippen LogP) is 4.25. The molecule has 0 bridgehead atoms. The molecule has 2 aromatic carbocycles. The van der Waals surface area contributed by atoms with Gasteiger partial charge in [-0.2, -0.15) is 13.2 Å². The van der Waals surface area contributed by atoms with Crippen LogP contribution >= 0.6 is 0 Å². The molecule has 1 aromatic heterocycles. The fourth-order valence-electron chi connectivity index (χ4n) is 2.22. The number of anilines is 1. The summed E-state index contributed by atoms with van der Waals surface area (Å²) in [4.78, 5) is 23.7. The van der Waals surface area contributed by atoms with Gasteiger partial charge in [0.1, 0.15) is 5.58 Å². The second-order valence-electron chi connectivity index (χ2n) is 5.35. The van der Waals surface area contributed by atoms with Gasteiger partial charge < -0.3 is 14.5 Å². The molecule has 0 fully saturated rings. The first kappa shape index (κ1) is 17.5. The third-order valence-corrected chi connectivity index (χ3v) is 3.46. The highest BCUT2D eigenvalue weighted by atomic mass is 19.4. The second-order valence-corrected chi connectivity index (χ2v) is 5.35. The topological polar surface area (TPSA) is 68.5 Å². The van der Waals surface area contributed by atoms with Crippen LogP contribution < -0.4 is 5.32 Å². The number of halogens is 3. The van der Waals surface area contributed by atoms with E-state index in [9.17, 15) is 22.8 Å². The fraction of sp³-hybridized carbons (Fsp3) is 0.111. The number of alkyl halides is 3. The van der Waals surface area contributed by atoms with Gasteiger partial charge in [-0.3, -0.25) is 4.79 Å². The molecule has 1 N–H and O–H groups in total. The van der Waals surface area contributed by atoms with E-state index in [0.717, 1.165) is 24.3 Å². The van der Waals surface area contributed by atoms with Crippen molar-refractivity contribution in [3.05, 3.63) is 65.9 Å². The summed E-state index contributed by atoms with van der Waals surface area (Å²) in [6.07, 6.45) is -4.45. The number of carbonyl (C=O) groups is 2. The van der Waals surface area contributed by atoms with E-state index < -0.39 is 30.2 Å². The van der Waals surface area contributed by atoms with Crippen molar-refractivity contribution < 1.29 is 31.9 Å². The molecule has 26 heavy (non-hydrogen) atoms. The molecule has 134 valence electrons. The number of ether oxygens (including phenoxy) is 1. The molecule has 8 heteroatoms. The molecule has 0 unspecified atom stereocenters. The first-order chi connectivity index (χ1) is 12.3. The lowest BCUT2D eigenvalue weighted by Gasteiger charge is -2.09. The molecule has 0 atom stereocenters. The summed E-state index contributed by atoms with van der Waals surface area (Å²) in [6, 6.07) is 12.4. The lowest BCUT2D eigenvalue weighted by molar-refractivity contribution is -0.137. The van der Waals surface area contributed by atoms with Crippen molar-refractivity contribution in [3.63, 3.8) is 0 Å². The minimum absolute atomic E-state index is 0.0477. The van der Waals surface area contributed by atoms with Gasteiger partial charge in [0, 0.05) is 11.1 Å². The summed E-state index contributed by atoms with van der Waals surface area (Å²) in [5.74, 6) is -1.55. The standard InChI is InChI=1S/C18H12F3NO4/c19-18(20,21)12-5-7-13(8-6-12)22-16(23)10-25-17(24)15-9-11-3-1-2-4-14(11)26-15/h1-9H,10H2,(H,22,23). The number of hydrogen-bond donors (Lipinski definition) is 1. The van der Waals surface area contributed by atoms with Gasteiger partial charge in [0.2, 0.25) is 5.76 Å². The molecule has 1 heterocycles. The van der Waals surface area contributed by atoms with E-state index in [0.29, 0.717) is 11.0 Å². The van der Waals surface area contributed by atoms with Gasteiger partial charge in [-0.05, 0) is 36.4 Å². The Labute approximate surface area is 145 Å². The Kier molecular flexibility index (Phi) is 4.66. The van der Waals surface area contributed by atoms with Gasteiger partial charge in [0.05, 0.1) is 5.56 Å². The number of furan rings is 1. The Bertz CT molecular complexity index is 912. The Morgan fingerprint density at radius 2 is 1.73 bits per heavy atom. The highest BCUT2D eigenvalue weighted by molar-refractivity contribution is 5.96. The van der Waals surface area contributed by atoms with Crippen molar-refractivity contribution in [2.45, 2.75) is 6.18 Å². The summed E-state index contributed by atoms with van der Waals surface area (Å²) in [5.41, 5.74) is -0.164. The van der Waals surface area contributed by atoms with Crippen LogP contribution in [0.5, 0.6) is 0 Å². The van der Waals surface area contributed by atoms with E-state index in [1.165, 1.54) is 6.07 Å². The highest BCUT2D eigenvalue weighted by Gasteiger charge is 2.30. The third kappa shape index (κ3) is 4.02. The zero-order valence-corrected chi connectivity index (χ0v) is 13.2. The van der Waals surface area contributed by atoms with Crippen molar-refractivity contribution >= 4 is 28.5 Å². The maximum absolute atomic E-state index is 12.5. The van der Waals surface area contributed by atoms with Crippen LogP contribution in [0, 0.1) is 0 Å². The van der Waals surface area contributed by atoms with Crippen LogP contribution in [-0.4, -0.2) is 18.5 Å². The minimum atomic E-state index is -4.45. The van der Waals surface area contributed by atoms with E-state index in [-0.39, 0.29) is 11.4 Å². The number of amides is 1. The molecule has 0 saturated carbocycles. The van der Waals surface area contributed by atoms with Crippen LogP contribution in [0.2, 0.25) is 0 Å². The van der Waals surface area contributed by atoms with Crippen molar-refractivity contribution in [1.29, 1.82) is 0 Å².